The zero-order valence-electron chi connectivity index (χ0n) is 12.7. The molecule has 1 aliphatic rings. The highest BCUT2D eigenvalue weighted by Gasteiger charge is 2.38. The van der Waals surface area contributed by atoms with E-state index in [2.05, 4.69) is 24.1 Å². The Morgan fingerprint density at radius 3 is 2.62 bits per heavy atom. The fourth-order valence-electron chi connectivity index (χ4n) is 2.49. The van der Waals surface area contributed by atoms with Crippen molar-refractivity contribution >= 4 is 5.69 Å². The number of aryl methyl sites for hydroxylation is 1. The van der Waals surface area contributed by atoms with Crippen LogP contribution in [0.5, 0.6) is 11.5 Å². The van der Waals surface area contributed by atoms with Gasteiger partial charge in [-0.1, -0.05) is 13.8 Å². The summed E-state index contributed by atoms with van der Waals surface area (Å²) in [4.78, 5) is 4.11. The van der Waals surface area contributed by atoms with Gasteiger partial charge in [0.1, 0.15) is 0 Å². The minimum Gasteiger partial charge on any atom is -0.448 e. The Morgan fingerprint density at radius 2 is 1.95 bits per heavy atom. The number of fused-ring (bicyclic) bond motifs is 1. The van der Waals surface area contributed by atoms with E-state index in [0.717, 1.165) is 42.3 Å². The van der Waals surface area contributed by atoms with Crippen LogP contribution in [0.2, 0.25) is 0 Å². The lowest BCUT2D eigenvalue weighted by molar-refractivity contribution is -0.0843. The van der Waals surface area contributed by atoms with Gasteiger partial charge in [-0.2, -0.15) is 0 Å². The summed E-state index contributed by atoms with van der Waals surface area (Å²) in [5.74, 6) is 1.14. The van der Waals surface area contributed by atoms with Crippen LogP contribution in [0.3, 0.4) is 0 Å². The van der Waals surface area contributed by atoms with Gasteiger partial charge in [0.15, 0.2) is 11.5 Å². The molecule has 1 aliphatic heterocycles. The van der Waals surface area contributed by atoms with Gasteiger partial charge >= 0.3 is 0 Å². The molecule has 1 N–H and O–H groups in total. The SMILES string of the molecule is CCC1(CC)Oc2ccc(NCc3cncn3C)cc2O1. The molecule has 1 aromatic heterocycles. The van der Waals surface area contributed by atoms with Crippen LogP contribution < -0.4 is 14.8 Å². The minimum atomic E-state index is -0.497. The summed E-state index contributed by atoms with van der Waals surface area (Å²) in [5, 5.41) is 3.38. The quantitative estimate of drug-likeness (QED) is 0.916. The van der Waals surface area contributed by atoms with E-state index in [1.54, 1.807) is 6.33 Å². The van der Waals surface area contributed by atoms with Gasteiger partial charge in [0.2, 0.25) is 0 Å². The third-order valence-corrected chi connectivity index (χ3v) is 4.00. The second-order valence-corrected chi connectivity index (χ2v) is 5.33. The number of nitrogens with one attached hydrogen (secondary N) is 1. The number of hydrogen-bond acceptors (Lipinski definition) is 4. The first-order chi connectivity index (χ1) is 10.2. The molecular formula is C16H21N3O2. The molecule has 0 unspecified atom stereocenters. The molecule has 5 heteroatoms. The molecule has 3 rings (SSSR count). The second kappa shape index (κ2) is 5.31. The Kier molecular flexibility index (Phi) is 3.49. The molecule has 0 saturated heterocycles. The summed E-state index contributed by atoms with van der Waals surface area (Å²) in [6, 6.07) is 5.98. The largest absolute Gasteiger partial charge is 0.448 e. The Balaban J connectivity index is 1.72. The van der Waals surface area contributed by atoms with Crippen LogP contribution in [-0.2, 0) is 13.6 Å². The molecule has 5 nitrogen and oxygen atoms in total. The number of aromatic nitrogens is 2. The maximum atomic E-state index is 6.01. The normalized spacial score (nSPS) is 15.2. The van der Waals surface area contributed by atoms with Crippen molar-refractivity contribution in [2.45, 2.75) is 39.0 Å². The van der Waals surface area contributed by atoms with Crippen LogP contribution in [0, 0.1) is 0 Å². The topological polar surface area (TPSA) is 48.3 Å². The Hall–Kier alpha value is -2.17. The van der Waals surface area contributed by atoms with Crippen LogP contribution >= 0.6 is 0 Å². The number of nitrogens with zero attached hydrogens (tertiary/aromatic N) is 2. The summed E-state index contributed by atoms with van der Waals surface area (Å²) in [6.45, 7) is 4.89. The Morgan fingerprint density at radius 1 is 1.19 bits per heavy atom. The van der Waals surface area contributed by atoms with Gasteiger partial charge in [0.05, 0.1) is 18.6 Å². The number of anilines is 1. The second-order valence-electron chi connectivity index (χ2n) is 5.33. The molecule has 0 fully saturated rings. The molecule has 1 aromatic carbocycles. The molecular weight excluding hydrogens is 266 g/mol. The van der Waals surface area contributed by atoms with E-state index >= 15 is 0 Å². The molecule has 2 heterocycles. The molecule has 21 heavy (non-hydrogen) atoms. The molecule has 0 bridgehead atoms. The number of hydrogen-bond donors (Lipinski definition) is 1. The molecule has 2 aromatic rings. The molecule has 0 amide bonds. The summed E-state index contributed by atoms with van der Waals surface area (Å²) >= 11 is 0. The van der Waals surface area contributed by atoms with Crippen LogP contribution in [0.4, 0.5) is 5.69 Å². The van der Waals surface area contributed by atoms with Gasteiger partial charge in [0.25, 0.3) is 5.79 Å². The lowest BCUT2D eigenvalue weighted by Gasteiger charge is -2.24. The molecule has 0 atom stereocenters. The van der Waals surface area contributed by atoms with E-state index in [1.807, 2.05) is 36.0 Å². The molecule has 112 valence electrons. The highest BCUT2D eigenvalue weighted by molar-refractivity contribution is 5.56. The van der Waals surface area contributed by atoms with Gasteiger partial charge in [-0.15, -0.1) is 0 Å². The van der Waals surface area contributed by atoms with E-state index in [4.69, 9.17) is 9.47 Å². The Labute approximate surface area is 124 Å². The average molecular weight is 287 g/mol. The highest BCUT2D eigenvalue weighted by atomic mass is 16.7. The fraction of sp³-hybridized carbons (Fsp3) is 0.438. The van der Waals surface area contributed by atoms with Crippen LogP contribution in [0.15, 0.2) is 30.7 Å². The van der Waals surface area contributed by atoms with Crippen molar-refractivity contribution in [3.8, 4) is 11.5 Å². The fourth-order valence-corrected chi connectivity index (χ4v) is 2.49. The number of ether oxygens (including phenoxy) is 2. The van der Waals surface area contributed by atoms with E-state index in [0.29, 0.717) is 0 Å². The predicted molar refractivity (Wildman–Crippen MR) is 81.5 cm³/mol. The maximum absolute atomic E-state index is 6.01. The van der Waals surface area contributed by atoms with E-state index < -0.39 is 5.79 Å². The van der Waals surface area contributed by atoms with Crippen molar-refractivity contribution in [3.63, 3.8) is 0 Å². The van der Waals surface area contributed by atoms with Gasteiger partial charge in [-0.25, -0.2) is 4.98 Å². The van der Waals surface area contributed by atoms with Crippen LogP contribution in [-0.4, -0.2) is 15.3 Å². The van der Waals surface area contributed by atoms with Gasteiger partial charge in [0, 0.05) is 37.8 Å². The van der Waals surface area contributed by atoms with Crippen LogP contribution in [0.1, 0.15) is 32.4 Å². The highest BCUT2D eigenvalue weighted by Crippen LogP contribution is 2.43. The summed E-state index contributed by atoms with van der Waals surface area (Å²) in [7, 11) is 1.99. The predicted octanol–water partition coefficient (Wildman–Crippen LogP) is 3.32. The number of rotatable bonds is 5. The minimum absolute atomic E-state index is 0.497. The molecule has 0 aliphatic carbocycles. The van der Waals surface area contributed by atoms with Crippen molar-refractivity contribution in [2.75, 3.05) is 5.32 Å². The third-order valence-electron chi connectivity index (χ3n) is 4.00. The lowest BCUT2D eigenvalue weighted by atomic mass is 10.1. The standard InChI is InChI=1S/C16H21N3O2/c1-4-16(5-2)20-14-7-6-12(8-15(14)21-16)18-10-13-9-17-11-19(13)3/h6-9,11,18H,4-5,10H2,1-3H3. The zero-order chi connectivity index (χ0) is 14.9. The monoisotopic (exact) mass is 287 g/mol. The number of benzene rings is 1. The van der Waals surface area contributed by atoms with Crippen molar-refractivity contribution in [1.29, 1.82) is 0 Å². The zero-order valence-corrected chi connectivity index (χ0v) is 12.7. The Bertz CT molecular complexity index is 632. The van der Waals surface area contributed by atoms with Crippen LogP contribution in [0.25, 0.3) is 0 Å². The van der Waals surface area contributed by atoms with Crippen molar-refractivity contribution < 1.29 is 9.47 Å². The lowest BCUT2D eigenvalue weighted by Crippen LogP contribution is -2.36. The average Bonchev–Trinajstić information content (AvgIpc) is 3.08. The molecule has 0 spiro atoms. The van der Waals surface area contributed by atoms with Crippen molar-refractivity contribution in [1.82, 2.24) is 9.55 Å². The smallest absolute Gasteiger partial charge is 0.251 e. The van der Waals surface area contributed by atoms with Gasteiger partial charge in [-0.3, -0.25) is 0 Å². The van der Waals surface area contributed by atoms with Gasteiger partial charge < -0.3 is 19.4 Å². The summed E-state index contributed by atoms with van der Waals surface area (Å²) in [6.07, 6.45) is 5.32. The summed E-state index contributed by atoms with van der Waals surface area (Å²) < 4.78 is 14.0. The first-order valence-electron chi connectivity index (χ1n) is 7.37. The van der Waals surface area contributed by atoms with Crippen molar-refractivity contribution in [2.24, 2.45) is 7.05 Å². The first-order valence-corrected chi connectivity index (χ1v) is 7.37. The van der Waals surface area contributed by atoms with E-state index in [9.17, 15) is 0 Å². The molecule has 0 saturated carbocycles. The third kappa shape index (κ3) is 2.55. The van der Waals surface area contributed by atoms with Gasteiger partial charge in [-0.05, 0) is 12.1 Å². The maximum Gasteiger partial charge on any atom is 0.251 e. The molecule has 0 radical (unpaired) electrons. The summed E-state index contributed by atoms with van der Waals surface area (Å²) in [5.41, 5.74) is 2.14. The van der Waals surface area contributed by atoms with E-state index in [1.165, 1.54) is 0 Å². The first kappa shape index (κ1) is 13.8. The number of imidazole rings is 1. The van der Waals surface area contributed by atoms with E-state index in [-0.39, 0.29) is 0 Å². The van der Waals surface area contributed by atoms with Crippen molar-refractivity contribution in [3.05, 3.63) is 36.4 Å².